The molecule has 0 radical (unpaired) electrons. The Labute approximate surface area is 162 Å². The molecule has 0 heterocycles. The van der Waals surface area contributed by atoms with Crippen LogP contribution in [0.1, 0.15) is 26.7 Å². The number of nitrogens with one attached hydrogen (secondary N) is 2. The number of rotatable bonds is 9. The van der Waals surface area contributed by atoms with Crippen LogP contribution in [0.4, 0.5) is 5.69 Å². The molecule has 0 aromatic heterocycles. The van der Waals surface area contributed by atoms with E-state index < -0.39 is 10.0 Å². The summed E-state index contributed by atoms with van der Waals surface area (Å²) in [5.74, 6) is 1.11. The molecule has 2 aromatic carbocycles. The molecule has 0 aliphatic rings. The molecule has 6 nitrogen and oxygen atoms in total. The van der Waals surface area contributed by atoms with Crippen LogP contribution in [0.5, 0.6) is 5.75 Å². The number of methoxy groups -OCH3 is 1. The first-order valence-electron chi connectivity index (χ1n) is 8.82. The molecule has 148 valence electrons. The number of carbonyl (C=O) groups excluding carboxylic acids is 1. The molecule has 0 saturated carbocycles. The molecule has 2 N–H and O–H groups in total. The van der Waals surface area contributed by atoms with E-state index in [0.717, 1.165) is 13.0 Å². The SMILES string of the molecule is CCCC(C)CNC=O.COc1ccccc1NS(=O)(=O)c1ccccc1. The maximum Gasteiger partial charge on any atom is 0.262 e. The molecule has 0 saturated heterocycles. The summed E-state index contributed by atoms with van der Waals surface area (Å²) in [5.41, 5.74) is 0.420. The predicted octanol–water partition coefficient (Wildman–Crippen LogP) is 3.66. The molecule has 1 amide bonds. The predicted molar refractivity (Wildman–Crippen MR) is 108 cm³/mol. The summed E-state index contributed by atoms with van der Waals surface area (Å²) in [4.78, 5) is 10.0. The number of benzene rings is 2. The molecule has 2 aromatic rings. The molecule has 0 fully saturated rings. The van der Waals surface area contributed by atoms with Crippen molar-refractivity contribution in [1.29, 1.82) is 0 Å². The highest BCUT2D eigenvalue weighted by molar-refractivity contribution is 7.92. The maximum absolute atomic E-state index is 12.1. The number of anilines is 1. The first kappa shape index (κ1) is 22.5. The number of sulfonamides is 1. The molecule has 1 atom stereocenters. The van der Waals surface area contributed by atoms with Crippen LogP contribution in [0.2, 0.25) is 0 Å². The van der Waals surface area contributed by atoms with E-state index >= 15 is 0 Å². The first-order chi connectivity index (χ1) is 12.9. The van der Waals surface area contributed by atoms with Crippen LogP contribution in [-0.2, 0) is 14.8 Å². The summed E-state index contributed by atoms with van der Waals surface area (Å²) in [5, 5.41) is 2.65. The lowest BCUT2D eigenvalue weighted by molar-refractivity contribution is -0.109. The van der Waals surface area contributed by atoms with Gasteiger partial charge < -0.3 is 10.1 Å². The number of hydrogen-bond acceptors (Lipinski definition) is 4. The zero-order valence-electron chi connectivity index (χ0n) is 16.0. The minimum atomic E-state index is -3.58. The second-order valence-electron chi connectivity index (χ2n) is 6.04. The maximum atomic E-state index is 12.1. The van der Waals surface area contributed by atoms with E-state index in [4.69, 9.17) is 4.74 Å². The fourth-order valence-corrected chi connectivity index (χ4v) is 3.47. The third-order valence-electron chi connectivity index (χ3n) is 3.74. The van der Waals surface area contributed by atoms with Crippen molar-refractivity contribution in [1.82, 2.24) is 5.32 Å². The fraction of sp³-hybridized carbons (Fsp3) is 0.350. The van der Waals surface area contributed by atoms with Gasteiger partial charge in [0, 0.05) is 6.54 Å². The van der Waals surface area contributed by atoms with Crippen molar-refractivity contribution < 1.29 is 17.9 Å². The highest BCUT2D eigenvalue weighted by Crippen LogP contribution is 2.25. The third-order valence-corrected chi connectivity index (χ3v) is 5.12. The molecular weight excluding hydrogens is 364 g/mol. The quantitative estimate of drug-likeness (QED) is 0.638. The van der Waals surface area contributed by atoms with Gasteiger partial charge in [-0.15, -0.1) is 0 Å². The van der Waals surface area contributed by atoms with Crippen molar-refractivity contribution >= 4 is 22.1 Å². The van der Waals surface area contributed by atoms with Gasteiger partial charge in [0.2, 0.25) is 6.41 Å². The Morgan fingerprint density at radius 1 is 1.07 bits per heavy atom. The minimum Gasteiger partial charge on any atom is -0.495 e. The van der Waals surface area contributed by atoms with Crippen LogP contribution >= 0.6 is 0 Å². The van der Waals surface area contributed by atoms with Gasteiger partial charge in [-0.05, 0) is 36.6 Å². The van der Waals surface area contributed by atoms with Gasteiger partial charge in [-0.1, -0.05) is 50.6 Å². The van der Waals surface area contributed by atoms with Crippen molar-refractivity contribution in [3.63, 3.8) is 0 Å². The third kappa shape index (κ3) is 8.13. The van der Waals surface area contributed by atoms with Gasteiger partial charge in [-0.3, -0.25) is 9.52 Å². The average molecular weight is 393 g/mol. The minimum absolute atomic E-state index is 0.218. The normalized spacial score (nSPS) is 11.5. The Bertz CT molecular complexity index is 780. The van der Waals surface area contributed by atoms with Crippen molar-refractivity contribution in [3.05, 3.63) is 54.6 Å². The molecular formula is C20H28N2O4S. The van der Waals surface area contributed by atoms with Gasteiger partial charge in [0.15, 0.2) is 0 Å². The summed E-state index contributed by atoms with van der Waals surface area (Å²) >= 11 is 0. The number of amides is 1. The number of hydrogen-bond donors (Lipinski definition) is 2. The van der Waals surface area contributed by atoms with Gasteiger partial charge in [0.05, 0.1) is 17.7 Å². The van der Waals surface area contributed by atoms with Gasteiger partial charge in [-0.2, -0.15) is 0 Å². The molecule has 0 aliphatic carbocycles. The van der Waals surface area contributed by atoms with Crippen molar-refractivity contribution in [2.75, 3.05) is 18.4 Å². The molecule has 0 bridgehead atoms. The number of para-hydroxylation sites is 2. The van der Waals surface area contributed by atoms with E-state index in [9.17, 15) is 13.2 Å². The van der Waals surface area contributed by atoms with E-state index in [1.807, 2.05) is 0 Å². The highest BCUT2D eigenvalue weighted by atomic mass is 32.2. The van der Waals surface area contributed by atoms with Crippen LogP contribution in [0.3, 0.4) is 0 Å². The summed E-state index contributed by atoms with van der Waals surface area (Å²) in [6, 6.07) is 15.1. The largest absolute Gasteiger partial charge is 0.495 e. The zero-order chi connectivity index (χ0) is 20.1. The molecule has 2 rings (SSSR count). The summed E-state index contributed by atoms with van der Waals surface area (Å²) in [6.07, 6.45) is 3.15. The molecule has 27 heavy (non-hydrogen) atoms. The second kappa shape index (κ2) is 12.0. The highest BCUT2D eigenvalue weighted by Gasteiger charge is 2.15. The zero-order valence-corrected chi connectivity index (χ0v) is 16.8. The van der Waals surface area contributed by atoms with E-state index in [-0.39, 0.29) is 4.90 Å². The van der Waals surface area contributed by atoms with Crippen molar-refractivity contribution in [2.45, 2.75) is 31.6 Å². The van der Waals surface area contributed by atoms with Crippen LogP contribution in [0, 0.1) is 5.92 Å². The van der Waals surface area contributed by atoms with E-state index in [2.05, 4.69) is 23.9 Å². The Balaban J connectivity index is 0.000000345. The monoisotopic (exact) mass is 392 g/mol. The summed E-state index contributed by atoms with van der Waals surface area (Å²) in [6.45, 7) is 5.11. The fourth-order valence-electron chi connectivity index (χ4n) is 2.38. The second-order valence-corrected chi connectivity index (χ2v) is 7.72. The lowest BCUT2D eigenvalue weighted by Crippen LogP contribution is -2.18. The van der Waals surface area contributed by atoms with Crippen molar-refractivity contribution in [3.8, 4) is 5.75 Å². The molecule has 1 unspecified atom stereocenters. The summed E-state index contributed by atoms with van der Waals surface area (Å²) in [7, 11) is -2.08. The smallest absolute Gasteiger partial charge is 0.262 e. The van der Waals surface area contributed by atoms with E-state index in [1.54, 1.807) is 42.5 Å². The Kier molecular flexibility index (Phi) is 9.96. The first-order valence-corrected chi connectivity index (χ1v) is 10.3. The van der Waals surface area contributed by atoms with E-state index in [0.29, 0.717) is 17.4 Å². The molecule has 7 heteroatoms. The van der Waals surface area contributed by atoms with Crippen LogP contribution in [0.25, 0.3) is 0 Å². The standard InChI is InChI=1S/C13H13NO3S.C7H15NO/c1-17-13-10-6-5-9-12(13)14-18(15,16)11-7-3-2-4-8-11;1-3-4-7(2)5-8-6-9/h2-10,14H,1H3;6-7H,3-5H2,1-2H3,(H,8,9). The van der Waals surface area contributed by atoms with Gasteiger partial charge >= 0.3 is 0 Å². The Morgan fingerprint density at radius 2 is 1.70 bits per heavy atom. The summed E-state index contributed by atoms with van der Waals surface area (Å²) < 4.78 is 31.8. The Hall–Kier alpha value is -2.54. The van der Waals surface area contributed by atoms with Crippen LogP contribution < -0.4 is 14.8 Å². The van der Waals surface area contributed by atoms with Crippen molar-refractivity contribution in [2.24, 2.45) is 5.92 Å². The average Bonchev–Trinajstić information content (AvgIpc) is 2.68. The van der Waals surface area contributed by atoms with Crippen LogP contribution in [0.15, 0.2) is 59.5 Å². The van der Waals surface area contributed by atoms with Gasteiger partial charge in [0.1, 0.15) is 5.75 Å². The Morgan fingerprint density at radius 3 is 2.30 bits per heavy atom. The molecule has 0 aliphatic heterocycles. The topological polar surface area (TPSA) is 84.5 Å². The van der Waals surface area contributed by atoms with Gasteiger partial charge in [-0.25, -0.2) is 8.42 Å². The number of ether oxygens (including phenoxy) is 1. The molecule has 0 spiro atoms. The lowest BCUT2D eigenvalue weighted by Gasteiger charge is -2.11. The van der Waals surface area contributed by atoms with Gasteiger partial charge in [0.25, 0.3) is 10.0 Å². The van der Waals surface area contributed by atoms with Crippen LogP contribution in [-0.4, -0.2) is 28.5 Å². The van der Waals surface area contributed by atoms with E-state index in [1.165, 1.54) is 32.1 Å². The lowest BCUT2D eigenvalue weighted by atomic mass is 10.1. The number of carbonyl (C=O) groups is 1.